The lowest BCUT2D eigenvalue weighted by molar-refractivity contribution is 0.252. The Balaban J connectivity index is 1.56. The minimum Gasteiger partial charge on any atom is -0.366 e. The molecule has 4 heterocycles. The summed E-state index contributed by atoms with van der Waals surface area (Å²) in [6.45, 7) is 1.74. The highest BCUT2D eigenvalue weighted by molar-refractivity contribution is 6.04. The van der Waals surface area contributed by atoms with Crippen molar-refractivity contribution in [1.82, 2.24) is 15.2 Å². The van der Waals surface area contributed by atoms with Gasteiger partial charge >= 0.3 is 6.03 Å². The molecule has 5 rings (SSSR count). The van der Waals surface area contributed by atoms with E-state index >= 15 is 0 Å². The quantitative estimate of drug-likeness (QED) is 0.711. The van der Waals surface area contributed by atoms with Crippen LogP contribution in [0.15, 0.2) is 54.7 Å². The van der Waals surface area contributed by atoms with Crippen molar-refractivity contribution in [2.45, 2.75) is 18.9 Å². The molecular formula is C22H19N7O. The molecule has 1 atom stereocenters. The highest BCUT2D eigenvalue weighted by Crippen LogP contribution is 2.39. The molecule has 0 unspecified atom stereocenters. The van der Waals surface area contributed by atoms with Gasteiger partial charge in [-0.05, 0) is 49.2 Å². The summed E-state index contributed by atoms with van der Waals surface area (Å²) in [7, 11) is 0. The van der Waals surface area contributed by atoms with Gasteiger partial charge in [-0.2, -0.15) is 10.4 Å². The molecule has 2 aromatic heterocycles. The zero-order valence-corrected chi connectivity index (χ0v) is 16.2. The van der Waals surface area contributed by atoms with Gasteiger partial charge in [0, 0.05) is 24.8 Å². The van der Waals surface area contributed by atoms with Gasteiger partial charge in [-0.15, -0.1) is 5.10 Å². The molecule has 0 radical (unpaired) electrons. The number of fused-ring (bicyclic) bond motifs is 4. The summed E-state index contributed by atoms with van der Waals surface area (Å²) >= 11 is 0. The van der Waals surface area contributed by atoms with E-state index in [0.29, 0.717) is 17.2 Å². The van der Waals surface area contributed by atoms with Crippen LogP contribution in [-0.4, -0.2) is 40.3 Å². The fourth-order valence-electron chi connectivity index (χ4n) is 4.13. The van der Waals surface area contributed by atoms with Gasteiger partial charge in [0.25, 0.3) is 0 Å². The number of carbonyl (C=O) groups is 1. The molecule has 148 valence electrons. The van der Waals surface area contributed by atoms with Gasteiger partial charge < -0.3 is 4.90 Å². The fourth-order valence-corrected chi connectivity index (χ4v) is 4.13. The van der Waals surface area contributed by atoms with Crippen molar-refractivity contribution in [2.24, 2.45) is 0 Å². The van der Waals surface area contributed by atoms with Crippen LogP contribution >= 0.6 is 0 Å². The maximum Gasteiger partial charge on any atom is 0.329 e. The van der Waals surface area contributed by atoms with E-state index in [-0.39, 0.29) is 12.1 Å². The van der Waals surface area contributed by atoms with Gasteiger partial charge in [0.15, 0.2) is 11.6 Å². The van der Waals surface area contributed by atoms with Crippen LogP contribution in [0.2, 0.25) is 0 Å². The first-order valence-corrected chi connectivity index (χ1v) is 9.87. The van der Waals surface area contributed by atoms with E-state index in [0.717, 1.165) is 42.9 Å². The molecule has 1 N–H and O–H groups in total. The molecule has 2 bridgehead atoms. The van der Waals surface area contributed by atoms with E-state index in [4.69, 9.17) is 4.98 Å². The third-order valence-electron chi connectivity index (χ3n) is 5.50. The van der Waals surface area contributed by atoms with Gasteiger partial charge in [-0.1, -0.05) is 12.1 Å². The lowest BCUT2D eigenvalue weighted by Crippen LogP contribution is -2.56. The molecule has 1 fully saturated rings. The molecule has 1 saturated heterocycles. The molecular weight excluding hydrogens is 378 g/mol. The first kappa shape index (κ1) is 18.1. The lowest BCUT2D eigenvalue weighted by Gasteiger charge is -2.45. The van der Waals surface area contributed by atoms with Gasteiger partial charge in [0.1, 0.15) is 0 Å². The van der Waals surface area contributed by atoms with Crippen LogP contribution in [0.5, 0.6) is 0 Å². The number of carbonyl (C=O) groups excluding carboxylic acids is 1. The van der Waals surface area contributed by atoms with Crippen LogP contribution < -0.4 is 15.1 Å². The minimum atomic E-state index is -0.265. The molecule has 2 aliphatic rings. The third-order valence-corrected chi connectivity index (χ3v) is 5.50. The number of nitriles is 1. The molecule has 8 nitrogen and oxygen atoms in total. The largest absolute Gasteiger partial charge is 0.366 e. The molecule has 30 heavy (non-hydrogen) atoms. The van der Waals surface area contributed by atoms with Gasteiger partial charge in [0.2, 0.25) is 0 Å². The van der Waals surface area contributed by atoms with E-state index in [2.05, 4.69) is 26.5 Å². The summed E-state index contributed by atoms with van der Waals surface area (Å²) in [4.78, 5) is 22.1. The zero-order chi connectivity index (χ0) is 20.5. The molecule has 0 aliphatic carbocycles. The van der Waals surface area contributed by atoms with Crippen molar-refractivity contribution in [3.63, 3.8) is 0 Å². The molecule has 0 saturated carbocycles. The van der Waals surface area contributed by atoms with E-state index in [1.54, 1.807) is 29.3 Å². The predicted molar refractivity (Wildman–Crippen MR) is 113 cm³/mol. The molecule has 1 aromatic carbocycles. The maximum atomic E-state index is 13.2. The summed E-state index contributed by atoms with van der Waals surface area (Å²) in [5.41, 5.74) is 3.09. The SMILES string of the molecule is N#Cc1cccc(-c2ccc3c(n2)N(C(=O)Nc2cccnn2)[C@H]2CCCN3C2)c1. The molecule has 3 aromatic rings. The number of aromatic nitrogens is 3. The number of pyridine rings is 1. The first-order valence-electron chi connectivity index (χ1n) is 9.87. The van der Waals surface area contributed by atoms with E-state index in [1.165, 1.54) is 0 Å². The van der Waals surface area contributed by atoms with E-state index in [9.17, 15) is 10.1 Å². The monoisotopic (exact) mass is 397 g/mol. The Kier molecular flexibility index (Phi) is 4.48. The average Bonchev–Trinajstić information content (AvgIpc) is 2.80. The number of nitrogens with zero attached hydrogens (tertiary/aromatic N) is 6. The normalized spacial score (nSPS) is 17.1. The zero-order valence-electron chi connectivity index (χ0n) is 16.2. The molecule has 8 heteroatoms. The van der Waals surface area contributed by atoms with Crippen LogP contribution in [0.3, 0.4) is 0 Å². The lowest BCUT2D eigenvalue weighted by atomic mass is 9.99. The number of urea groups is 1. The van der Waals surface area contributed by atoms with Crippen molar-refractivity contribution in [3.05, 3.63) is 60.3 Å². The highest BCUT2D eigenvalue weighted by Gasteiger charge is 2.38. The van der Waals surface area contributed by atoms with E-state index < -0.39 is 0 Å². The van der Waals surface area contributed by atoms with Crippen molar-refractivity contribution in [2.75, 3.05) is 28.2 Å². The summed E-state index contributed by atoms with van der Waals surface area (Å²) in [5.74, 6) is 1.03. The number of hydrogen-bond acceptors (Lipinski definition) is 6. The topological polar surface area (TPSA) is 98.0 Å². The summed E-state index contributed by atoms with van der Waals surface area (Å²) in [6, 6.07) is 16.7. The average molecular weight is 397 g/mol. The number of piperidine rings is 1. The number of nitrogens with one attached hydrogen (secondary N) is 1. The highest BCUT2D eigenvalue weighted by atomic mass is 16.2. The second-order valence-electron chi connectivity index (χ2n) is 7.38. The van der Waals surface area contributed by atoms with Gasteiger partial charge in [-0.3, -0.25) is 10.2 Å². The Morgan fingerprint density at radius 2 is 2.13 bits per heavy atom. The molecule has 0 spiro atoms. The van der Waals surface area contributed by atoms with Crippen LogP contribution in [-0.2, 0) is 0 Å². The Morgan fingerprint density at radius 1 is 1.20 bits per heavy atom. The maximum absolute atomic E-state index is 13.2. The fraction of sp³-hybridized carbons (Fsp3) is 0.227. The first-order chi connectivity index (χ1) is 14.7. The Bertz CT molecular complexity index is 1140. The number of amides is 2. The number of hydrogen-bond donors (Lipinski definition) is 1. The number of anilines is 3. The van der Waals surface area contributed by atoms with Crippen LogP contribution in [0.25, 0.3) is 11.3 Å². The predicted octanol–water partition coefficient (Wildman–Crippen LogP) is 3.43. The second-order valence-corrected chi connectivity index (χ2v) is 7.38. The van der Waals surface area contributed by atoms with Gasteiger partial charge in [0.05, 0.1) is 29.1 Å². The molecule has 2 aliphatic heterocycles. The Morgan fingerprint density at radius 3 is 2.97 bits per heavy atom. The summed E-state index contributed by atoms with van der Waals surface area (Å²) < 4.78 is 0. The number of benzene rings is 1. The minimum absolute atomic E-state index is 0.0381. The third kappa shape index (κ3) is 3.20. The smallest absolute Gasteiger partial charge is 0.329 e. The van der Waals surface area contributed by atoms with Crippen LogP contribution in [0, 0.1) is 11.3 Å². The van der Waals surface area contributed by atoms with Crippen molar-refractivity contribution < 1.29 is 4.79 Å². The van der Waals surface area contributed by atoms with Crippen molar-refractivity contribution in [3.8, 4) is 17.3 Å². The van der Waals surface area contributed by atoms with Crippen LogP contribution in [0.1, 0.15) is 18.4 Å². The molecule has 2 amide bonds. The Hall–Kier alpha value is -3.99. The second kappa shape index (κ2) is 7.44. The van der Waals surface area contributed by atoms with Crippen LogP contribution in [0.4, 0.5) is 22.1 Å². The standard InChI is InChI=1S/C22H19N7O/c23-13-15-4-1-5-16(12-15)18-8-9-19-21(25-18)29(17-6-3-11-28(19)14-17)22(30)26-20-7-2-10-24-27-20/h1-2,4-5,7-10,12,17H,3,6,11,14H2,(H,26,27,30)/t17-/m0/s1. The van der Waals surface area contributed by atoms with E-state index in [1.807, 2.05) is 30.3 Å². The Labute approximate surface area is 173 Å². The summed E-state index contributed by atoms with van der Waals surface area (Å²) in [5, 5.41) is 19.9. The summed E-state index contributed by atoms with van der Waals surface area (Å²) in [6.07, 6.45) is 3.50. The number of rotatable bonds is 2. The van der Waals surface area contributed by atoms with Crippen molar-refractivity contribution >= 4 is 23.4 Å². The van der Waals surface area contributed by atoms with Crippen molar-refractivity contribution in [1.29, 1.82) is 5.26 Å². The van der Waals surface area contributed by atoms with Gasteiger partial charge in [-0.25, -0.2) is 9.78 Å².